The molecule has 0 radical (unpaired) electrons. The third-order valence-electron chi connectivity index (χ3n) is 2.44. The zero-order valence-corrected chi connectivity index (χ0v) is 11.7. The summed E-state index contributed by atoms with van der Waals surface area (Å²) in [6.45, 7) is 4.88. The number of aryl methyl sites for hydroxylation is 2. The second-order valence-electron chi connectivity index (χ2n) is 4.03. The summed E-state index contributed by atoms with van der Waals surface area (Å²) in [4.78, 5) is 4.36. The highest BCUT2D eigenvalue weighted by Crippen LogP contribution is 2.17. The van der Waals surface area contributed by atoms with Crippen LogP contribution in [-0.2, 0) is 0 Å². The van der Waals surface area contributed by atoms with Gasteiger partial charge in [0.25, 0.3) is 0 Å². The van der Waals surface area contributed by atoms with Crippen molar-refractivity contribution in [2.24, 2.45) is 0 Å². The van der Waals surface area contributed by atoms with Gasteiger partial charge in [0.2, 0.25) is 0 Å². The average Bonchev–Trinajstić information content (AvgIpc) is 2.33. The minimum Gasteiger partial charge on any atom is -0.396 e. The van der Waals surface area contributed by atoms with Crippen LogP contribution >= 0.6 is 11.8 Å². The summed E-state index contributed by atoms with van der Waals surface area (Å²) >= 11 is 1.79. The van der Waals surface area contributed by atoms with Gasteiger partial charge in [-0.1, -0.05) is 0 Å². The van der Waals surface area contributed by atoms with Crippen molar-refractivity contribution >= 4 is 17.6 Å². The van der Waals surface area contributed by atoms with Gasteiger partial charge in [-0.05, 0) is 37.7 Å². The summed E-state index contributed by atoms with van der Waals surface area (Å²) in [6, 6.07) is 4.10. The van der Waals surface area contributed by atoms with Crippen LogP contribution in [-0.4, -0.2) is 34.7 Å². The molecule has 0 amide bonds. The van der Waals surface area contributed by atoms with E-state index < -0.39 is 0 Å². The summed E-state index contributed by atoms with van der Waals surface area (Å²) in [7, 11) is 0. The number of anilines is 1. The lowest BCUT2D eigenvalue weighted by molar-refractivity contribution is 0.296. The number of pyridine rings is 1. The molecule has 98 valence electrons. The molecule has 5 heteroatoms. The number of nitriles is 1. The molecule has 1 heterocycles. The fourth-order valence-electron chi connectivity index (χ4n) is 1.62. The normalized spacial score (nSPS) is 10.1. The van der Waals surface area contributed by atoms with Crippen LogP contribution in [0.1, 0.15) is 23.2 Å². The van der Waals surface area contributed by atoms with Gasteiger partial charge < -0.3 is 10.4 Å². The van der Waals surface area contributed by atoms with E-state index in [2.05, 4.69) is 16.4 Å². The van der Waals surface area contributed by atoms with Crippen LogP contribution in [0.3, 0.4) is 0 Å². The lowest BCUT2D eigenvalue weighted by Gasteiger charge is -2.10. The minimum absolute atomic E-state index is 0.248. The van der Waals surface area contributed by atoms with E-state index in [1.54, 1.807) is 11.8 Å². The minimum atomic E-state index is 0.248. The van der Waals surface area contributed by atoms with E-state index >= 15 is 0 Å². The zero-order chi connectivity index (χ0) is 13.4. The molecule has 0 saturated carbocycles. The molecule has 0 unspecified atom stereocenters. The first-order valence-electron chi connectivity index (χ1n) is 6.00. The van der Waals surface area contributed by atoms with Crippen LogP contribution in [0.25, 0.3) is 0 Å². The van der Waals surface area contributed by atoms with Gasteiger partial charge in [0.15, 0.2) is 0 Å². The first-order chi connectivity index (χ1) is 8.69. The van der Waals surface area contributed by atoms with Gasteiger partial charge in [0.1, 0.15) is 11.9 Å². The number of nitrogens with one attached hydrogen (secondary N) is 1. The van der Waals surface area contributed by atoms with E-state index in [0.717, 1.165) is 35.7 Å². The van der Waals surface area contributed by atoms with Gasteiger partial charge in [0, 0.05) is 24.6 Å². The molecule has 0 aromatic carbocycles. The number of hydrogen-bond donors (Lipinski definition) is 2. The monoisotopic (exact) mass is 265 g/mol. The fourth-order valence-corrected chi connectivity index (χ4v) is 2.40. The molecule has 0 aliphatic carbocycles. The van der Waals surface area contributed by atoms with E-state index in [-0.39, 0.29) is 6.61 Å². The van der Waals surface area contributed by atoms with Gasteiger partial charge in [-0.2, -0.15) is 17.0 Å². The second kappa shape index (κ2) is 7.96. The predicted molar refractivity (Wildman–Crippen MR) is 75.9 cm³/mol. The predicted octanol–water partition coefficient (Wildman–Crippen LogP) is 2.10. The van der Waals surface area contributed by atoms with Crippen molar-refractivity contribution in [3.05, 3.63) is 22.9 Å². The van der Waals surface area contributed by atoms with E-state index in [1.807, 2.05) is 19.9 Å². The van der Waals surface area contributed by atoms with Crippen LogP contribution in [0.2, 0.25) is 0 Å². The number of rotatable bonds is 7. The Morgan fingerprint density at radius 1 is 1.44 bits per heavy atom. The number of aromatic nitrogens is 1. The van der Waals surface area contributed by atoms with Crippen molar-refractivity contribution in [1.29, 1.82) is 5.26 Å². The number of thioether (sulfide) groups is 1. The Hall–Kier alpha value is -1.25. The SMILES string of the molecule is Cc1cc(C)c(C#N)c(NCCSCCCO)n1. The Morgan fingerprint density at radius 3 is 2.89 bits per heavy atom. The first kappa shape index (κ1) is 14.8. The molecule has 4 nitrogen and oxygen atoms in total. The molecule has 0 saturated heterocycles. The molecule has 0 aliphatic heterocycles. The first-order valence-corrected chi connectivity index (χ1v) is 7.15. The molecule has 0 aliphatic rings. The van der Waals surface area contributed by atoms with E-state index in [9.17, 15) is 0 Å². The number of aliphatic hydroxyl groups is 1. The number of hydrogen-bond acceptors (Lipinski definition) is 5. The van der Waals surface area contributed by atoms with Gasteiger partial charge >= 0.3 is 0 Å². The average molecular weight is 265 g/mol. The van der Waals surface area contributed by atoms with Crippen LogP contribution in [0.15, 0.2) is 6.07 Å². The largest absolute Gasteiger partial charge is 0.396 e. The van der Waals surface area contributed by atoms with Gasteiger partial charge in [-0.25, -0.2) is 4.98 Å². The van der Waals surface area contributed by atoms with Gasteiger partial charge in [-0.15, -0.1) is 0 Å². The van der Waals surface area contributed by atoms with Crippen LogP contribution in [0.4, 0.5) is 5.82 Å². The molecule has 0 spiro atoms. The summed E-state index contributed by atoms with van der Waals surface area (Å²) < 4.78 is 0. The molecular weight excluding hydrogens is 246 g/mol. The van der Waals surface area contributed by atoms with Crippen LogP contribution < -0.4 is 5.32 Å². The maximum atomic E-state index is 9.10. The van der Waals surface area contributed by atoms with Crippen molar-refractivity contribution in [1.82, 2.24) is 4.98 Å². The van der Waals surface area contributed by atoms with Crippen LogP contribution in [0, 0.1) is 25.2 Å². The summed E-state index contributed by atoms with van der Waals surface area (Å²) in [5, 5.41) is 21.0. The highest BCUT2D eigenvalue weighted by Gasteiger charge is 2.07. The second-order valence-corrected chi connectivity index (χ2v) is 5.26. The molecular formula is C13H19N3OS. The van der Waals surface area contributed by atoms with Crippen molar-refractivity contribution in [3.63, 3.8) is 0 Å². The molecule has 18 heavy (non-hydrogen) atoms. The van der Waals surface area contributed by atoms with Crippen molar-refractivity contribution < 1.29 is 5.11 Å². The molecule has 0 fully saturated rings. The Kier molecular flexibility index (Phi) is 6.55. The third kappa shape index (κ3) is 4.55. The zero-order valence-electron chi connectivity index (χ0n) is 10.9. The summed E-state index contributed by atoms with van der Waals surface area (Å²) in [5.74, 6) is 2.58. The maximum absolute atomic E-state index is 9.10. The molecule has 1 aromatic rings. The molecule has 1 rings (SSSR count). The summed E-state index contributed by atoms with van der Waals surface area (Å²) in [6.07, 6.45) is 0.829. The van der Waals surface area contributed by atoms with Crippen LogP contribution in [0.5, 0.6) is 0 Å². The van der Waals surface area contributed by atoms with Crippen molar-refractivity contribution in [2.45, 2.75) is 20.3 Å². The maximum Gasteiger partial charge on any atom is 0.144 e. The quantitative estimate of drug-likeness (QED) is 0.739. The Bertz CT molecular complexity index is 429. The highest BCUT2D eigenvalue weighted by atomic mass is 32.2. The Labute approximate surface area is 112 Å². The fraction of sp³-hybridized carbons (Fsp3) is 0.538. The van der Waals surface area contributed by atoms with Gasteiger partial charge in [-0.3, -0.25) is 0 Å². The van der Waals surface area contributed by atoms with E-state index in [1.165, 1.54) is 0 Å². The topological polar surface area (TPSA) is 68.9 Å². The Balaban J connectivity index is 2.49. The molecule has 0 atom stereocenters. The highest BCUT2D eigenvalue weighted by molar-refractivity contribution is 7.99. The van der Waals surface area contributed by atoms with Gasteiger partial charge in [0.05, 0.1) is 5.56 Å². The summed E-state index contributed by atoms with van der Waals surface area (Å²) in [5.41, 5.74) is 2.50. The molecule has 2 N–H and O–H groups in total. The standard InChI is InChI=1S/C13H19N3OS/c1-10-8-11(2)16-13(12(10)9-14)15-4-7-18-6-3-5-17/h8,17H,3-7H2,1-2H3,(H,15,16). The van der Waals surface area contributed by atoms with E-state index in [4.69, 9.17) is 10.4 Å². The Morgan fingerprint density at radius 2 is 2.22 bits per heavy atom. The number of aliphatic hydroxyl groups excluding tert-OH is 1. The smallest absolute Gasteiger partial charge is 0.144 e. The van der Waals surface area contributed by atoms with Crippen molar-refractivity contribution in [2.75, 3.05) is 30.0 Å². The van der Waals surface area contributed by atoms with Crippen molar-refractivity contribution in [3.8, 4) is 6.07 Å². The molecule has 0 bridgehead atoms. The lowest BCUT2D eigenvalue weighted by atomic mass is 10.1. The lowest BCUT2D eigenvalue weighted by Crippen LogP contribution is -2.09. The van der Waals surface area contributed by atoms with E-state index in [0.29, 0.717) is 11.4 Å². The third-order valence-corrected chi connectivity index (χ3v) is 3.51. The molecule has 1 aromatic heterocycles. The number of nitrogens with zero attached hydrogens (tertiary/aromatic N) is 2.